The molecular formula is C12H25N3O. The highest BCUT2D eigenvalue weighted by atomic mass is 16.2. The third-order valence-corrected chi connectivity index (χ3v) is 3.22. The van der Waals surface area contributed by atoms with E-state index in [9.17, 15) is 4.79 Å². The lowest BCUT2D eigenvalue weighted by Gasteiger charge is -2.36. The minimum Gasteiger partial charge on any atom is -0.355 e. The fourth-order valence-corrected chi connectivity index (χ4v) is 2.30. The lowest BCUT2D eigenvalue weighted by atomic mass is 10.0. The average molecular weight is 227 g/mol. The van der Waals surface area contributed by atoms with Crippen LogP contribution in [0, 0.1) is 0 Å². The van der Waals surface area contributed by atoms with Crippen LogP contribution in [0.5, 0.6) is 0 Å². The topological polar surface area (TPSA) is 44.4 Å². The van der Waals surface area contributed by atoms with Crippen LogP contribution in [0.1, 0.15) is 33.6 Å². The number of carbonyl (C=O) groups excluding carboxylic acids is 1. The van der Waals surface area contributed by atoms with Gasteiger partial charge in [0, 0.05) is 19.1 Å². The summed E-state index contributed by atoms with van der Waals surface area (Å²) >= 11 is 0. The minimum absolute atomic E-state index is 0.00130. The molecule has 1 saturated heterocycles. The molecule has 4 nitrogen and oxygen atoms in total. The van der Waals surface area contributed by atoms with Crippen LogP contribution in [0.3, 0.4) is 0 Å². The summed E-state index contributed by atoms with van der Waals surface area (Å²) in [7, 11) is 0. The van der Waals surface area contributed by atoms with Crippen LogP contribution in [0.4, 0.5) is 0 Å². The molecule has 0 aromatic rings. The van der Waals surface area contributed by atoms with Crippen molar-refractivity contribution in [1.29, 1.82) is 0 Å². The Morgan fingerprint density at radius 2 is 2.19 bits per heavy atom. The molecule has 0 bridgehead atoms. The molecule has 1 amide bonds. The summed E-state index contributed by atoms with van der Waals surface area (Å²) in [6.07, 6.45) is 2.41. The summed E-state index contributed by atoms with van der Waals surface area (Å²) in [5, 5.41) is 6.36. The molecule has 0 aromatic carbocycles. The van der Waals surface area contributed by atoms with Gasteiger partial charge < -0.3 is 10.6 Å². The molecule has 0 aromatic heterocycles. The molecule has 0 radical (unpaired) electrons. The Bertz CT molecular complexity index is 218. The van der Waals surface area contributed by atoms with Gasteiger partial charge in [0.05, 0.1) is 6.04 Å². The van der Waals surface area contributed by atoms with Gasteiger partial charge in [-0.3, -0.25) is 9.69 Å². The van der Waals surface area contributed by atoms with Crippen molar-refractivity contribution in [3.05, 3.63) is 0 Å². The first-order chi connectivity index (χ1) is 7.69. The molecule has 94 valence electrons. The monoisotopic (exact) mass is 227 g/mol. The molecule has 1 aliphatic heterocycles. The number of nitrogens with zero attached hydrogens (tertiary/aromatic N) is 1. The third kappa shape index (κ3) is 3.76. The second kappa shape index (κ2) is 6.86. The molecular weight excluding hydrogens is 202 g/mol. The van der Waals surface area contributed by atoms with Crippen LogP contribution in [-0.4, -0.2) is 49.1 Å². The van der Waals surface area contributed by atoms with Crippen LogP contribution in [0.25, 0.3) is 0 Å². The van der Waals surface area contributed by atoms with Crippen LogP contribution in [-0.2, 0) is 4.79 Å². The molecule has 0 spiro atoms. The zero-order valence-corrected chi connectivity index (χ0v) is 10.8. The smallest absolute Gasteiger partial charge is 0.237 e. The zero-order valence-electron chi connectivity index (χ0n) is 10.8. The summed E-state index contributed by atoms with van der Waals surface area (Å²) in [4.78, 5) is 14.0. The highest BCUT2D eigenvalue weighted by Gasteiger charge is 2.26. The molecule has 0 saturated carbocycles. The van der Waals surface area contributed by atoms with E-state index in [-0.39, 0.29) is 11.9 Å². The lowest BCUT2D eigenvalue weighted by Crippen LogP contribution is -2.53. The van der Waals surface area contributed by atoms with E-state index >= 15 is 0 Å². The van der Waals surface area contributed by atoms with Gasteiger partial charge in [-0.2, -0.15) is 0 Å². The van der Waals surface area contributed by atoms with Gasteiger partial charge in [-0.05, 0) is 39.8 Å². The number of hydrogen-bond acceptors (Lipinski definition) is 3. The number of amides is 1. The lowest BCUT2D eigenvalue weighted by molar-refractivity contribution is -0.126. The quantitative estimate of drug-likeness (QED) is 0.722. The summed E-state index contributed by atoms with van der Waals surface area (Å²) in [6.45, 7) is 9.85. The van der Waals surface area contributed by atoms with E-state index in [1.54, 1.807) is 0 Å². The van der Waals surface area contributed by atoms with E-state index in [1.165, 1.54) is 12.8 Å². The van der Waals surface area contributed by atoms with Crippen LogP contribution in [0.2, 0.25) is 0 Å². The molecule has 2 atom stereocenters. The molecule has 0 aliphatic carbocycles. The van der Waals surface area contributed by atoms with Crippen molar-refractivity contribution in [3.63, 3.8) is 0 Å². The maximum Gasteiger partial charge on any atom is 0.237 e. The van der Waals surface area contributed by atoms with Crippen molar-refractivity contribution in [3.8, 4) is 0 Å². The predicted molar refractivity (Wildman–Crippen MR) is 66.4 cm³/mol. The first-order valence-corrected chi connectivity index (χ1v) is 6.44. The second-order valence-electron chi connectivity index (χ2n) is 4.46. The molecule has 1 heterocycles. The Hall–Kier alpha value is -0.610. The van der Waals surface area contributed by atoms with E-state index < -0.39 is 0 Å². The average Bonchev–Trinajstić information content (AvgIpc) is 2.29. The van der Waals surface area contributed by atoms with Crippen molar-refractivity contribution in [2.24, 2.45) is 0 Å². The number of nitrogens with one attached hydrogen (secondary N) is 2. The van der Waals surface area contributed by atoms with Crippen molar-refractivity contribution in [2.75, 3.05) is 26.2 Å². The second-order valence-corrected chi connectivity index (χ2v) is 4.46. The van der Waals surface area contributed by atoms with E-state index in [1.807, 2.05) is 13.8 Å². The Morgan fingerprint density at radius 1 is 1.44 bits per heavy atom. The summed E-state index contributed by atoms with van der Waals surface area (Å²) < 4.78 is 0. The van der Waals surface area contributed by atoms with E-state index in [2.05, 4.69) is 22.5 Å². The minimum atomic E-state index is 0.00130. The third-order valence-electron chi connectivity index (χ3n) is 3.22. The molecule has 16 heavy (non-hydrogen) atoms. The van der Waals surface area contributed by atoms with Gasteiger partial charge in [-0.25, -0.2) is 0 Å². The maximum absolute atomic E-state index is 11.7. The Labute approximate surface area is 98.8 Å². The van der Waals surface area contributed by atoms with Crippen molar-refractivity contribution >= 4 is 5.91 Å². The molecule has 2 unspecified atom stereocenters. The van der Waals surface area contributed by atoms with Gasteiger partial charge >= 0.3 is 0 Å². The number of piperidine rings is 1. The first-order valence-electron chi connectivity index (χ1n) is 6.44. The number of hydrogen-bond donors (Lipinski definition) is 2. The molecule has 2 N–H and O–H groups in total. The number of likely N-dealkylation sites (N-methyl/N-ethyl adjacent to an activating group) is 2. The van der Waals surface area contributed by atoms with Gasteiger partial charge in [-0.1, -0.05) is 6.92 Å². The molecule has 4 heteroatoms. The predicted octanol–water partition coefficient (Wildman–Crippen LogP) is 0.585. The van der Waals surface area contributed by atoms with Crippen molar-refractivity contribution in [2.45, 2.75) is 45.7 Å². The fourth-order valence-electron chi connectivity index (χ4n) is 2.30. The largest absolute Gasteiger partial charge is 0.355 e. The Morgan fingerprint density at radius 3 is 2.81 bits per heavy atom. The van der Waals surface area contributed by atoms with Gasteiger partial charge in [0.15, 0.2) is 0 Å². The van der Waals surface area contributed by atoms with Crippen molar-refractivity contribution in [1.82, 2.24) is 15.5 Å². The fraction of sp³-hybridized carbons (Fsp3) is 0.917. The van der Waals surface area contributed by atoms with Gasteiger partial charge in [0.1, 0.15) is 0 Å². The van der Waals surface area contributed by atoms with E-state index in [4.69, 9.17) is 0 Å². The summed E-state index contributed by atoms with van der Waals surface area (Å²) in [5.41, 5.74) is 0. The normalized spacial score (nSPS) is 24.1. The highest BCUT2D eigenvalue weighted by molar-refractivity contribution is 5.81. The maximum atomic E-state index is 11.7. The van der Waals surface area contributed by atoms with Crippen molar-refractivity contribution < 1.29 is 4.79 Å². The van der Waals surface area contributed by atoms with Crippen LogP contribution < -0.4 is 10.6 Å². The summed E-state index contributed by atoms with van der Waals surface area (Å²) in [5.74, 6) is 0.152. The summed E-state index contributed by atoms with van der Waals surface area (Å²) in [6, 6.07) is 0.553. The number of likely N-dealkylation sites (tertiary alicyclic amines) is 1. The van der Waals surface area contributed by atoms with Gasteiger partial charge in [0.2, 0.25) is 5.91 Å². The first kappa shape index (κ1) is 13.5. The van der Waals surface area contributed by atoms with Gasteiger partial charge in [-0.15, -0.1) is 0 Å². The van der Waals surface area contributed by atoms with E-state index in [0.29, 0.717) is 12.6 Å². The highest BCUT2D eigenvalue weighted by Crippen LogP contribution is 2.13. The Balaban J connectivity index is 2.43. The molecule has 1 rings (SSSR count). The van der Waals surface area contributed by atoms with Gasteiger partial charge in [0.25, 0.3) is 0 Å². The number of rotatable bonds is 5. The standard InChI is InChI=1S/C12H25N3O/c1-4-13-11-7-6-8-15(9-11)10(3)12(16)14-5-2/h10-11,13H,4-9H2,1-3H3,(H,14,16). The molecule has 1 fully saturated rings. The van der Waals surface area contributed by atoms with E-state index in [0.717, 1.165) is 19.6 Å². The van der Waals surface area contributed by atoms with Crippen LogP contribution in [0.15, 0.2) is 0 Å². The number of carbonyl (C=O) groups is 1. The zero-order chi connectivity index (χ0) is 12.0. The molecule has 1 aliphatic rings. The SMILES string of the molecule is CCNC(=O)C(C)N1CCCC(NCC)C1. The van der Waals surface area contributed by atoms with Crippen LogP contribution >= 0.6 is 0 Å². The Kier molecular flexibility index (Phi) is 5.77.